The van der Waals surface area contributed by atoms with Crippen LogP contribution in [-0.4, -0.2) is 29.4 Å². The third-order valence-corrected chi connectivity index (χ3v) is 3.43. The van der Waals surface area contributed by atoms with Gasteiger partial charge in [-0.1, -0.05) is 12.1 Å². The van der Waals surface area contributed by atoms with Crippen LogP contribution in [0.5, 0.6) is 0 Å². The topological polar surface area (TPSA) is 68.8 Å². The fourth-order valence-corrected chi connectivity index (χ4v) is 2.50. The fourth-order valence-electron chi connectivity index (χ4n) is 2.50. The summed E-state index contributed by atoms with van der Waals surface area (Å²) in [5, 5.41) is 13.9. The van der Waals surface area contributed by atoms with Gasteiger partial charge in [-0.05, 0) is 32.9 Å². The Labute approximate surface area is 123 Å². The molecule has 3 aromatic rings. The molecule has 0 atom stereocenters. The third kappa shape index (κ3) is 2.42. The third-order valence-electron chi connectivity index (χ3n) is 3.43. The van der Waals surface area contributed by atoms with E-state index >= 15 is 0 Å². The fraction of sp³-hybridized carbons (Fsp3) is 0.400. The Bertz CT molecular complexity index is 766. The van der Waals surface area contributed by atoms with Crippen molar-refractivity contribution >= 4 is 11.0 Å². The second kappa shape index (κ2) is 4.96. The van der Waals surface area contributed by atoms with E-state index in [1.807, 2.05) is 33.5 Å². The molecule has 0 bridgehead atoms. The number of imidazole rings is 1. The SMILES string of the molecule is CC(C)(C)n1ncnc1Cn1c(CO)nc2ccccc21. The van der Waals surface area contributed by atoms with Gasteiger partial charge < -0.3 is 9.67 Å². The number of hydrogen-bond donors (Lipinski definition) is 1. The lowest BCUT2D eigenvalue weighted by molar-refractivity contribution is 0.265. The van der Waals surface area contributed by atoms with Crippen LogP contribution >= 0.6 is 0 Å². The van der Waals surface area contributed by atoms with E-state index in [1.54, 1.807) is 6.33 Å². The molecule has 0 aliphatic carbocycles. The largest absolute Gasteiger partial charge is 0.388 e. The number of aliphatic hydroxyl groups is 1. The second-order valence-electron chi connectivity index (χ2n) is 6.02. The van der Waals surface area contributed by atoms with Gasteiger partial charge in [-0.3, -0.25) is 0 Å². The lowest BCUT2D eigenvalue weighted by Crippen LogP contribution is -2.26. The molecule has 6 nitrogen and oxygen atoms in total. The minimum Gasteiger partial charge on any atom is -0.388 e. The molecule has 0 unspecified atom stereocenters. The normalized spacial score (nSPS) is 12.2. The van der Waals surface area contributed by atoms with E-state index in [1.165, 1.54) is 0 Å². The highest BCUT2D eigenvalue weighted by atomic mass is 16.3. The summed E-state index contributed by atoms with van der Waals surface area (Å²) >= 11 is 0. The Hall–Kier alpha value is -2.21. The van der Waals surface area contributed by atoms with Crippen molar-refractivity contribution in [3.05, 3.63) is 42.2 Å². The van der Waals surface area contributed by atoms with Crippen molar-refractivity contribution in [1.29, 1.82) is 0 Å². The summed E-state index contributed by atoms with van der Waals surface area (Å²) in [6.07, 6.45) is 1.57. The maximum Gasteiger partial charge on any atom is 0.147 e. The Morgan fingerprint density at radius 3 is 2.62 bits per heavy atom. The molecule has 1 N–H and O–H groups in total. The van der Waals surface area contributed by atoms with Crippen LogP contribution in [0.2, 0.25) is 0 Å². The van der Waals surface area contributed by atoms with E-state index in [2.05, 4.69) is 35.8 Å². The second-order valence-corrected chi connectivity index (χ2v) is 6.02. The number of hydrogen-bond acceptors (Lipinski definition) is 4. The van der Waals surface area contributed by atoms with Gasteiger partial charge in [0.1, 0.15) is 24.6 Å². The van der Waals surface area contributed by atoms with Gasteiger partial charge in [-0.2, -0.15) is 5.10 Å². The van der Waals surface area contributed by atoms with Crippen molar-refractivity contribution in [2.24, 2.45) is 0 Å². The lowest BCUT2D eigenvalue weighted by Gasteiger charge is -2.21. The number of aromatic nitrogens is 5. The molecular weight excluding hydrogens is 266 g/mol. The number of nitrogens with zero attached hydrogens (tertiary/aromatic N) is 5. The Morgan fingerprint density at radius 2 is 1.90 bits per heavy atom. The molecule has 2 heterocycles. The van der Waals surface area contributed by atoms with Gasteiger partial charge >= 0.3 is 0 Å². The van der Waals surface area contributed by atoms with E-state index in [9.17, 15) is 5.11 Å². The van der Waals surface area contributed by atoms with Gasteiger partial charge in [0.25, 0.3) is 0 Å². The molecule has 0 saturated heterocycles. The maximum atomic E-state index is 9.55. The molecule has 6 heteroatoms. The van der Waals surface area contributed by atoms with Crippen LogP contribution in [0, 0.1) is 0 Å². The van der Waals surface area contributed by atoms with Crippen LogP contribution in [0.3, 0.4) is 0 Å². The Morgan fingerprint density at radius 1 is 1.14 bits per heavy atom. The van der Waals surface area contributed by atoms with Crippen LogP contribution in [0.15, 0.2) is 30.6 Å². The zero-order valence-electron chi connectivity index (χ0n) is 12.5. The van der Waals surface area contributed by atoms with Gasteiger partial charge in [0.2, 0.25) is 0 Å². The lowest BCUT2D eigenvalue weighted by atomic mass is 10.1. The van der Waals surface area contributed by atoms with E-state index in [0.29, 0.717) is 12.4 Å². The smallest absolute Gasteiger partial charge is 0.147 e. The average molecular weight is 285 g/mol. The van der Waals surface area contributed by atoms with Crippen LogP contribution < -0.4 is 0 Å². The number of benzene rings is 1. The van der Waals surface area contributed by atoms with Gasteiger partial charge in [-0.15, -0.1) is 0 Å². The number of para-hydroxylation sites is 2. The zero-order chi connectivity index (χ0) is 15.0. The van der Waals surface area contributed by atoms with E-state index in [0.717, 1.165) is 16.9 Å². The molecule has 21 heavy (non-hydrogen) atoms. The molecule has 0 radical (unpaired) electrons. The van der Waals surface area contributed by atoms with Crippen molar-refractivity contribution in [2.45, 2.75) is 39.5 Å². The first-order chi connectivity index (χ1) is 10.0. The minimum atomic E-state index is -0.137. The summed E-state index contributed by atoms with van der Waals surface area (Å²) in [5.74, 6) is 1.49. The number of rotatable bonds is 3. The van der Waals surface area contributed by atoms with Gasteiger partial charge in [0, 0.05) is 0 Å². The molecule has 0 amide bonds. The Kier molecular flexibility index (Phi) is 3.25. The summed E-state index contributed by atoms with van der Waals surface area (Å²) in [5.41, 5.74) is 1.73. The highest BCUT2D eigenvalue weighted by Crippen LogP contribution is 2.19. The molecule has 0 aliphatic heterocycles. The summed E-state index contributed by atoms with van der Waals surface area (Å²) in [4.78, 5) is 8.82. The van der Waals surface area contributed by atoms with Crippen molar-refractivity contribution in [3.8, 4) is 0 Å². The number of fused-ring (bicyclic) bond motifs is 1. The predicted octanol–water partition coefficient (Wildman–Crippen LogP) is 1.92. The van der Waals surface area contributed by atoms with Crippen molar-refractivity contribution < 1.29 is 5.11 Å². The van der Waals surface area contributed by atoms with Crippen molar-refractivity contribution in [2.75, 3.05) is 0 Å². The molecule has 0 fully saturated rings. The zero-order valence-corrected chi connectivity index (χ0v) is 12.5. The molecular formula is C15H19N5O. The summed E-state index contributed by atoms with van der Waals surface area (Å²) in [6.45, 7) is 6.70. The summed E-state index contributed by atoms with van der Waals surface area (Å²) in [7, 11) is 0. The van der Waals surface area contributed by atoms with E-state index < -0.39 is 0 Å². The minimum absolute atomic E-state index is 0.0989. The van der Waals surface area contributed by atoms with Crippen molar-refractivity contribution in [1.82, 2.24) is 24.3 Å². The van der Waals surface area contributed by atoms with Crippen molar-refractivity contribution in [3.63, 3.8) is 0 Å². The van der Waals surface area contributed by atoms with Crippen LogP contribution in [0.25, 0.3) is 11.0 Å². The first kappa shape index (κ1) is 13.8. The molecule has 2 aromatic heterocycles. The molecule has 110 valence electrons. The maximum absolute atomic E-state index is 9.55. The summed E-state index contributed by atoms with van der Waals surface area (Å²) in [6, 6.07) is 7.85. The predicted molar refractivity (Wildman–Crippen MR) is 79.8 cm³/mol. The van der Waals surface area contributed by atoms with E-state index in [-0.39, 0.29) is 12.1 Å². The molecule has 0 saturated carbocycles. The van der Waals surface area contributed by atoms with Gasteiger partial charge in [0.05, 0.1) is 23.1 Å². The monoisotopic (exact) mass is 285 g/mol. The highest BCUT2D eigenvalue weighted by Gasteiger charge is 2.20. The molecule has 0 aliphatic rings. The average Bonchev–Trinajstić information content (AvgIpc) is 3.04. The van der Waals surface area contributed by atoms with Crippen LogP contribution in [0.4, 0.5) is 0 Å². The molecule has 0 spiro atoms. The highest BCUT2D eigenvalue weighted by molar-refractivity contribution is 5.75. The first-order valence-electron chi connectivity index (χ1n) is 6.95. The van der Waals surface area contributed by atoms with Gasteiger partial charge in [-0.25, -0.2) is 14.6 Å². The molecule has 3 rings (SSSR count). The van der Waals surface area contributed by atoms with E-state index in [4.69, 9.17) is 0 Å². The Balaban J connectivity index is 2.08. The van der Waals surface area contributed by atoms with Crippen LogP contribution in [-0.2, 0) is 18.7 Å². The summed E-state index contributed by atoms with van der Waals surface area (Å²) < 4.78 is 3.89. The first-order valence-corrected chi connectivity index (χ1v) is 6.95. The number of aliphatic hydroxyl groups excluding tert-OH is 1. The standard InChI is InChI=1S/C15H19N5O/c1-15(2,3)20-13(16-10-17-20)8-19-12-7-5-4-6-11(12)18-14(19)9-21/h4-7,10,21H,8-9H2,1-3H3. The van der Waals surface area contributed by atoms with Crippen LogP contribution in [0.1, 0.15) is 32.4 Å². The quantitative estimate of drug-likeness (QED) is 0.798. The molecule has 1 aromatic carbocycles. The van der Waals surface area contributed by atoms with Gasteiger partial charge in [0.15, 0.2) is 0 Å².